The van der Waals surface area contributed by atoms with Crippen LogP contribution in [-0.2, 0) is 9.59 Å². The van der Waals surface area contributed by atoms with Crippen molar-refractivity contribution >= 4 is 11.9 Å². The summed E-state index contributed by atoms with van der Waals surface area (Å²) < 4.78 is 0. The van der Waals surface area contributed by atoms with Crippen molar-refractivity contribution in [2.45, 2.75) is 39.0 Å². The van der Waals surface area contributed by atoms with E-state index < -0.39 is 11.9 Å². The van der Waals surface area contributed by atoms with Gasteiger partial charge in [-0.2, -0.15) is 0 Å². The highest BCUT2D eigenvalue weighted by atomic mass is 16.4. The van der Waals surface area contributed by atoms with E-state index in [1.165, 1.54) is 19.3 Å². The second-order valence-corrected chi connectivity index (χ2v) is 6.82. The second kappa shape index (κ2) is 4.80. The molecule has 0 radical (unpaired) electrons. The molecule has 3 rings (SSSR count). The first-order valence-electron chi connectivity index (χ1n) is 7.58. The highest BCUT2D eigenvalue weighted by Crippen LogP contribution is 2.42. The number of fused-ring (bicyclic) bond motifs is 1. The first-order valence-corrected chi connectivity index (χ1v) is 7.58. The number of nitrogens with zero attached hydrogens (tertiary/aromatic N) is 1. The number of hydrogen-bond acceptors (Lipinski definition) is 2. The topological polar surface area (TPSA) is 57.6 Å². The molecule has 1 heterocycles. The van der Waals surface area contributed by atoms with Crippen molar-refractivity contribution in [2.24, 2.45) is 29.6 Å². The molecule has 4 heteroatoms. The maximum atomic E-state index is 12.6. The average Bonchev–Trinajstić information content (AvgIpc) is 2.99. The van der Waals surface area contributed by atoms with Crippen molar-refractivity contribution in [2.75, 3.05) is 13.1 Å². The summed E-state index contributed by atoms with van der Waals surface area (Å²) in [6, 6.07) is 0. The monoisotopic (exact) mass is 265 g/mol. The van der Waals surface area contributed by atoms with Crippen LogP contribution in [0.25, 0.3) is 0 Å². The Morgan fingerprint density at radius 1 is 1.05 bits per heavy atom. The van der Waals surface area contributed by atoms with Crippen LogP contribution >= 0.6 is 0 Å². The number of carboxylic acids is 1. The van der Waals surface area contributed by atoms with Crippen LogP contribution in [0.4, 0.5) is 0 Å². The van der Waals surface area contributed by atoms with Crippen LogP contribution in [0.15, 0.2) is 0 Å². The third kappa shape index (κ3) is 2.26. The van der Waals surface area contributed by atoms with E-state index in [0.717, 1.165) is 19.5 Å². The van der Waals surface area contributed by atoms with Gasteiger partial charge >= 0.3 is 5.97 Å². The Morgan fingerprint density at radius 3 is 2.21 bits per heavy atom. The molecule has 0 bridgehead atoms. The standard InChI is InChI=1S/C15H23NO3/c1-9-5-12(13(6-9)15(18)19)14(17)16-7-10-3-2-4-11(10)8-16/h9-13H,2-8H2,1H3,(H,18,19). The minimum atomic E-state index is -0.790. The quantitative estimate of drug-likeness (QED) is 0.830. The Kier molecular flexibility index (Phi) is 3.27. The minimum Gasteiger partial charge on any atom is -0.481 e. The van der Waals surface area contributed by atoms with Crippen molar-refractivity contribution in [1.82, 2.24) is 4.90 Å². The maximum Gasteiger partial charge on any atom is 0.307 e. The van der Waals surface area contributed by atoms with E-state index in [0.29, 0.717) is 24.2 Å². The van der Waals surface area contributed by atoms with Crippen molar-refractivity contribution < 1.29 is 14.7 Å². The lowest BCUT2D eigenvalue weighted by molar-refractivity contribution is -0.148. The number of carbonyl (C=O) groups is 2. The summed E-state index contributed by atoms with van der Waals surface area (Å²) in [5.41, 5.74) is 0. The van der Waals surface area contributed by atoms with Crippen LogP contribution in [-0.4, -0.2) is 35.0 Å². The van der Waals surface area contributed by atoms with Gasteiger partial charge in [-0.1, -0.05) is 13.3 Å². The first-order chi connectivity index (χ1) is 9.06. The van der Waals surface area contributed by atoms with Gasteiger partial charge in [0.05, 0.1) is 11.8 Å². The summed E-state index contributed by atoms with van der Waals surface area (Å²) in [6.07, 6.45) is 5.21. The molecule has 2 aliphatic carbocycles. The summed E-state index contributed by atoms with van der Waals surface area (Å²) in [5, 5.41) is 9.28. The van der Waals surface area contributed by atoms with Gasteiger partial charge in [0.25, 0.3) is 0 Å². The van der Waals surface area contributed by atoms with Gasteiger partial charge in [-0.3, -0.25) is 9.59 Å². The Bertz CT molecular complexity index is 383. The van der Waals surface area contributed by atoms with E-state index in [1.807, 2.05) is 4.90 Å². The lowest BCUT2D eigenvalue weighted by atomic mass is 9.95. The van der Waals surface area contributed by atoms with Gasteiger partial charge in [-0.05, 0) is 43.4 Å². The first kappa shape index (κ1) is 12.9. The summed E-state index contributed by atoms with van der Waals surface area (Å²) >= 11 is 0. The predicted octanol–water partition coefficient (Wildman–Crippen LogP) is 1.99. The maximum absolute atomic E-state index is 12.6. The molecular weight excluding hydrogens is 242 g/mol. The highest BCUT2D eigenvalue weighted by Gasteiger charge is 2.46. The molecule has 1 amide bonds. The SMILES string of the molecule is CC1CC(C(=O)O)C(C(=O)N2CC3CCCC3C2)C1. The molecule has 0 aromatic rings. The van der Waals surface area contributed by atoms with Crippen LogP contribution in [0.3, 0.4) is 0 Å². The molecule has 3 fully saturated rings. The van der Waals surface area contributed by atoms with Crippen LogP contribution in [0.5, 0.6) is 0 Å². The third-order valence-electron chi connectivity index (χ3n) is 5.47. The Labute approximate surface area is 114 Å². The van der Waals surface area contributed by atoms with Gasteiger partial charge in [0.2, 0.25) is 5.91 Å². The van der Waals surface area contributed by atoms with Crippen LogP contribution < -0.4 is 0 Å². The van der Waals surface area contributed by atoms with Crippen molar-refractivity contribution in [1.29, 1.82) is 0 Å². The van der Waals surface area contributed by atoms with Gasteiger partial charge in [0, 0.05) is 13.1 Å². The van der Waals surface area contributed by atoms with Crippen molar-refractivity contribution in [3.63, 3.8) is 0 Å². The summed E-state index contributed by atoms with van der Waals surface area (Å²) in [5.74, 6) is 0.330. The molecule has 1 N–H and O–H groups in total. The van der Waals surface area contributed by atoms with E-state index >= 15 is 0 Å². The summed E-state index contributed by atoms with van der Waals surface area (Å²) in [6.45, 7) is 3.81. The number of carboxylic acid groups (broad SMARTS) is 1. The van der Waals surface area contributed by atoms with E-state index in [2.05, 4.69) is 6.92 Å². The molecular formula is C15H23NO3. The molecule has 0 aromatic heterocycles. The zero-order chi connectivity index (χ0) is 13.6. The highest BCUT2D eigenvalue weighted by molar-refractivity contribution is 5.85. The molecule has 5 unspecified atom stereocenters. The smallest absolute Gasteiger partial charge is 0.307 e. The van der Waals surface area contributed by atoms with Gasteiger partial charge < -0.3 is 10.0 Å². The van der Waals surface area contributed by atoms with E-state index in [9.17, 15) is 14.7 Å². The molecule has 1 saturated heterocycles. The van der Waals surface area contributed by atoms with Gasteiger partial charge in [-0.25, -0.2) is 0 Å². The van der Waals surface area contributed by atoms with E-state index in [4.69, 9.17) is 0 Å². The molecule has 106 valence electrons. The Balaban J connectivity index is 1.68. The third-order valence-corrected chi connectivity index (χ3v) is 5.47. The number of amides is 1. The van der Waals surface area contributed by atoms with Crippen LogP contribution in [0, 0.1) is 29.6 Å². The lowest BCUT2D eigenvalue weighted by Gasteiger charge is -2.23. The zero-order valence-electron chi connectivity index (χ0n) is 11.5. The molecule has 2 saturated carbocycles. The molecule has 3 aliphatic rings. The molecule has 5 atom stereocenters. The molecule has 4 nitrogen and oxygen atoms in total. The average molecular weight is 265 g/mol. The lowest BCUT2D eigenvalue weighted by Crippen LogP contribution is -2.38. The fraction of sp³-hybridized carbons (Fsp3) is 0.867. The van der Waals surface area contributed by atoms with Crippen molar-refractivity contribution in [3.05, 3.63) is 0 Å². The van der Waals surface area contributed by atoms with Crippen molar-refractivity contribution in [3.8, 4) is 0 Å². The van der Waals surface area contributed by atoms with Gasteiger partial charge in [0.1, 0.15) is 0 Å². The largest absolute Gasteiger partial charge is 0.481 e. The normalized spacial score (nSPS) is 41.5. The predicted molar refractivity (Wildman–Crippen MR) is 70.4 cm³/mol. The molecule has 1 aliphatic heterocycles. The number of hydrogen-bond donors (Lipinski definition) is 1. The zero-order valence-corrected chi connectivity index (χ0v) is 11.5. The van der Waals surface area contributed by atoms with Gasteiger partial charge in [-0.15, -0.1) is 0 Å². The van der Waals surface area contributed by atoms with Crippen LogP contribution in [0.1, 0.15) is 39.0 Å². The number of carbonyl (C=O) groups excluding carboxylic acids is 1. The Morgan fingerprint density at radius 2 is 1.63 bits per heavy atom. The number of rotatable bonds is 2. The molecule has 0 aromatic carbocycles. The summed E-state index contributed by atoms with van der Waals surface area (Å²) in [7, 11) is 0. The minimum absolute atomic E-state index is 0.117. The fourth-order valence-electron chi connectivity index (χ4n) is 4.49. The number of likely N-dealkylation sites (tertiary alicyclic amines) is 1. The van der Waals surface area contributed by atoms with E-state index in [1.54, 1.807) is 0 Å². The fourth-order valence-corrected chi connectivity index (χ4v) is 4.49. The summed E-state index contributed by atoms with van der Waals surface area (Å²) in [4.78, 5) is 25.9. The second-order valence-electron chi connectivity index (χ2n) is 6.82. The molecule has 19 heavy (non-hydrogen) atoms. The number of aliphatic carboxylic acids is 1. The van der Waals surface area contributed by atoms with Gasteiger partial charge in [0.15, 0.2) is 0 Å². The van der Waals surface area contributed by atoms with Crippen LogP contribution in [0.2, 0.25) is 0 Å². The van der Waals surface area contributed by atoms with E-state index in [-0.39, 0.29) is 11.8 Å². The molecule has 0 spiro atoms. The Hall–Kier alpha value is -1.06.